The monoisotopic (exact) mass is 101 g/mol. The SMILES string of the molecule is CC1CC(=O)NO1. The quantitative estimate of drug-likeness (QED) is 0.460. The van der Waals surface area contributed by atoms with Crippen molar-refractivity contribution in [2.75, 3.05) is 0 Å². The van der Waals surface area contributed by atoms with Crippen molar-refractivity contribution in [2.24, 2.45) is 0 Å². The smallest absolute Gasteiger partial charge is 0.246 e. The lowest BCUT2D eigenvalue weighted by molar-refractivity contribution is -0.124. The van der Waals surface area contributed by atoms with Crippen molar-refractivity contribution in [3.8, 4) is 0 Å². The molecular weight excluding hydrogens is 94.0 g/mol. The Morgan fingerprint density at radius 2 is 2.71 bits per heavy atom. The van der Waals surface area contributed by atoms with Gasteiger partial charge in [0.15, 0.2) is 0 Å². The molecule has 0 radical (unpaired) electrons. The molecule has 1 N–H and O–H groups in total. The number of amides is 1. The van der Waals surface area contributed by atoms with Crippen LogP contribution in [0.5, 0.6) is 0 Å². The van der Waals surface area contributed by atoms with Crippen LogP contribution in [0.25, 0.3) is 0 Å². The lowest BCUT2D eigenvalue weighted by Gasteiger charge is -1.91. The van der Waals surface area contributed by atoms with Gasteiger partial charge in [0, 0.05) is 0 Å². The number of nitrogens with one attached hydrogen (secondary N) is 1. The van der Waals surface area contributed by atoms with Crippen molar-refractivity contribution in [3.63, 3.8) is 0 Å². The Kier molecular flexibility index (Phi) is 0.982. The van der Waals surface area contributed by atoms with Crippen molar-refractivity contribution in [2.45, 2.75) is 19.4 Å². The maximum Gasteiger partial charge on any atom is 0.246 e. The molecule has 3 heteroatoms. The standard InChI is InChI=1S/C4H7NO2/c1-3-2-4(6)5-7-3/h3H,2H2,1H3,(H,5,6). The fraction of sp³-hybridized carbons (Fsp3) is 0.750. The first-order valence-electron chi connectivity index (χ1n) is 2.23. The minimum Gasteiger partial charge on any atom is -0.273 e. The van der Waals surface area contributed by atoms with Crippen LogP contribution >= 0.6 is 0 Å². The molecule has 0 spiro atoms. The van der Waals surface area contributed by atoms with Crippen LogP contribution in [0.4, 0.5) is 0 Å². The second kappa shape index (κ2) is 1.50. The van der Waals surface area contributed by atoms with Gasteiger partial charge in [-0.25, -0.2) is 5.48 Å². The van der Waals surface area contributed by atoms with Gasteiger partial charge < -0.3 is 0 Å². The molecule has 0 aliphatic carbocycles. The Bertz CT molecular complexity index is 91.7. The van der Waals surface area contributed by atoms with Crippen LogP contribution in [0.1, 0.15) is 13.3 Å². The molecule has 1 unspecified atom stereocenters. The molecule has 0 aromatic carbocycles. The van der Waals surface area contributed by atoms with Crippen molar-refractivity contribution >= 4 is 5.91 Å². The van der Waals surface area contributed by atoms with Crippen LogP contribution < -0.4 is 5.48 Å². The summed E-state index contributed by atoms with van der Waals surface area (Å²) < 4.78 is 0. The fourth-order valence-corrected chi connectivity index (χ4v) is 0.511. The average molecular weight is 101 g/mol. The zero-order chi connectivity index (χ0) is 5.28. The molecule has 1 aliphatic heterocycles. The summed E-state index contributed by atoms with van der Waals surface area (Å²) in [6, 6.07) is 0. The highest BCUT2D eigenvalue weighted by atomic mass is 16.7. The van der Waals surface area contributed by atoms with Crippen LogP contribution in [0.3, 0.4) is 0 Å². The summed E-state index contributed by atoms with van der Waals surface area (Å²) in [5.74, 6) is -0.0208. The normalized spacial score (nSPS) is 30.4. The fourth-order valence-electron chi connectivity index (χ4n) is 0.511. The number of hydrogen-bond donors (Lipinski definition) is 1. The Balaban J connectivity index is 2.40. The van der Waals surface area contributed by atoms with Crippen molar-refractivity contribution in [3.05, 3.63) is 0 Å². The van der Waals surface area contributed by atoms with Gasteiger partial charge >= 0.3 is 0 Å². The lowest BCUT2D eigenvalue weighted by Crippen LogP contribution is -2.11. The van der Waals surface area contributed by atoms with E-state index in [0.717, 1.165) is 0 Å². The predicted octanol–water partition coefficient (Wildman–Crippen LogP) is -0.174. The van der Waals surface area contributed by atoms with Crippen LogP contribution in [-0.2, 0) is 9.63 Å². The van der Waals surface area contributed by atoms with Crippen LogP contribution in [0, 0.1) is 0 Å². The summed E-state index contributed by atoms with van der Waals surface area (Å²) in [5, 5.41) is 0. The molecule has 40 valence electrons. The zero-order valence-electron chi connectivity index (χ0n) is 4.10. The van der Waals surface area contributed by atoms with Gasteiger partial charge in [-0.05, 0) is 6.92 Å². The van der Waals surface area contributed by atoms with Gasteiger partial charge in [-0.1, -0.05) is 0 Å². The Morgan fingerprint density at radius 1 is 2.00 bits per heavy atom. The molecule has 1 fully saturated rings. The molecule has 7 heavy (non-hydrogen) atoms. The largest absolute Gasteiger partial charge is 0.273 e. The lowest BCUT2D eigenvalue weighted by atomic mass is 10.3. The summed E-state index contributed by atoms with van der Waals surface area (Å²) in [5.41, 5.74) is 2.23. The summed E-state index contributed by atoms with van der Waals surface area (Å²) in [6.07, 6.45) is 0.562. The van der Waals surface area contributed by atoms with Gasteiger partial charge in [-0.2, -0.15) is 0 Å². The van der Waals surface area contributed by atoms with Gasteiger partial charge in [0.05, 0.1) is 12.5 Å². The topological polar surface area (TPSA) is 38.3 Å². The second-order valence-corrected chi connectivity index (χ2v) is 1.66. The molecular formula is C4H7NO2. The van der Waals surface area contributed by atoms with Gasteiger partial charge in [0.25, 0.3) is 0 Å². The second-order valence-electron chi connectivity index (χ2n) is 1.66. The van der Waals surface area contributed by atoms with E-state index in [4.69, 9.17) is 0 Å². The molecule has 1 amide bonds. The number of hydroxylamine groups is 1. The molecule has 1 atom stereocenters. The van der Waals surface area contributed by atoms with E-state index in [0.29, 0.717) is 6.42 Å². The number of carbonyl (C=O) groups is 1. The zero-order valence-corrected chi connectivity index (χ0v) is 4.10. The molecule has 3 nitrogen and oxygen atoms in total. The molecule has 0 bridgehead atoms. The molecule has 0 aromatic heterocycles. The summed E-state index contributed by atoms with van der Waals surface area (Å²) in [6.45, 7) is 1.85. The van der Waals surface area contributed by atoms with E-state index < -0.39 is 0 Å². The van der Waals surface area contributed by atoms with E-state index in [1.807, 2.05) is 6.92 Å². The first kappa shape index (κ1) is 4.59. The van der Waals surface area contributed by atoms with E-state index >= 15 is 0 Å². The highest BCUT2D eigenvalue weighted by Crippen LogP contribution is 2.00. The first-order chi connectivity index (χ1) is 3.29. The van der Waals surface area contributed by atoms with Crippen LogP contribution in [0.15, 0.2) is 0 Å². The van der Waals surface area contributed by atoms with Crippen molar-refractivity contribution in [1.29, 1.82) is 0 Å². The Morgan fingerprint density at radius 3 is 2.86 bits per heavy atom. The number of carbonyl (C=O) groups excluding carboxylic acids is 1. The maximum atomic E-state index is 10.2. The minimum atomic E-state index is -0.0208. The molecule has 0 saturated carbocycles. The Hall–Kier alpha value is -0.570. The van der Waals surface area contributed by atoms with E-state index in [2.05, 4.69) is 10.3 Å². The minimum absolute atomic E-state index is 0.0208. The average Bonchev–Trinajstić information content (AvgIpc) is 1.87. The molecule has 1 aliphatic rings. The van der Waals surface area contributed by atoms with Crippen molar-refractivity contribution < 1.29 is 9.63 Å². The van der Waals surface area contributed by atoms with E-state index in [-0.39, 0.29) is 12.0 Å². The summed E-state index contributed by atoms with van der Waals surface area (Å²) in [7, 11) is 0. The summed E-state index contributed by atoms with van der Waals surface area (Å²) in [4.78, 5) is 14.9. The highest BCUT2D eigenvalue weighted by Gasteiger charge is 2.16. The van der Waals surface area contributed by atoms with E-state index in [1.165, 1.54) is 0 Å². The first-order valence-corrected chi connectivity index (χ1v) is 2.23. The molecule has 0 aromatic rings. The van der Waals surface area contributed by atoms with Gasteiger partial charge in [0.2, 0.25) is 5.91 Å². The van der Waals surface area contributed by atoms with Gasteiger partial charge in [-0.15, -0.1) is 0 Å². The van der Waals surface area contributed by atoms with Gasteiger partial charge in [-0.3, -0.25) is 9.63 Å². The third kappa shape index (κ3) is 0.899. The predicted molar refractivity (Wildman–Crippen MR) is 23.3 cm³/mol. The summed E-state index contributed by atoms with van der Waals surface area (Å²) >= 11 is 0. The molecule has 1 rings (SSSR count). The maximum absolute atomic E-state index is 10.2. The van der Waals surface area contributed by atoms with Gasteiger partial charge in [0.1, 0.15) is 0 Å². The highest BCUT2D eigenvalue weighted by molar-refractivity contribution is 5.76. The molecule has 1 saturated heterocycles. The van der Waals surface area contributed by atoms with Crippen LogP contribution in [0.2, 0.25) is 0 Å². The van der Waals surface area contributed by atoms with E-state index in [9.17, 15) is 4.79 Å². The van der Waals surface area contributed by atoms with Crippen LogP contribution in [-0.4, -0.2) is 12.0 Å². The third-order valence-corrected chi connectivity index (χ3v) is 0.847. The van der Waals surface area contributed by atoms with Crippen molar-refractivity contribution in [1.82, 2.24) is 5.48 Å². The third-order valence-electron chi connectivity index (χ3n) is 0.847. The number of rotatable bonds is 0. The number of hydrogen-bond acceptors (Lipinski definition) is 2. The Labute approximate surface area is 41.6 Å². The van der Waals surface area contributed by atoms with E-state index in [1.54, 1.807) is 0 Å². The molecule has 1 heterocycles.